The molecule has 1 atom stereocenters. The first-order chi connectivity index (χ1) is 7.77. The molecule has 1 aromatic heterocycles. The zero-order chi connectivity index (χ0) is 11.8. The van der Waals surface area contributed by atoms with Gasteiger partial charge in [-0.3, -0.25) is 0 Å². The molecule has 4 nitrogen and oxygen atoms in total. The smallest absolute Gasteiger partial charge is 0.213 e. The molecule has 4 heteroatoms. The van der Waals surface area contributed by atoms with Crippen LogP contribution >= 0.6 is 0 Å². The number of nitrogens with one attached hydrogen (secondary N) is 1. The predicted octanol–water partition coefficient (Wildman–Crippen LogP) is 1.78. The van der Waals surface area contributed by atoms with Crippen LogP contribution in [0.1, 0.15) is 25.5 Å². The van der Waals surface area contributed by atoms with Crippen molar-refractivity contribution in [3.05, 3.63) is 23.9 Å². The van der Waals surface area contributed by atoms with E-state index in [1.54, 1.807) is 0 Å². The summed E-state index contributed by atoms with van der Waals surface area (Å²) in [6.45, 7) is 5.92. The third-order valence-corrected chi connectivity index (χ3v) is 2.37. The SMILES string of the molecule is CCOCCOc1ccc(C(C)NC)cn1. The molecule has 0 saturated carbocycles. The van der Waals surface area contributed by atoms with Gasteiger partial charge in [0.25, 0.3) is 0 Å². The number of hydrogen-bond donors (Lipinski definition) is 1. The maximum atomic E-state index is 5.42. The summed E-state index contributed by atoms with van der Waals surface area (Å²) in [5.41, 5.74) is 1.15. The summed E-state index contributed by atoms with van der Waals surface area (Å²) in [7, 11) is 1.93. The van der Waals surface area contributed by atoms with Gasteiger partial charge in [-0.25, -0.2) is 4.98 Å². The second kappa shape index (κ2) is 7.19. The van der Waals surface area contributed by atoms with Crippen molar-refractivity contribution in [1.29, 1.82) is 0 Å². The maximum Gasteiger partial charge on any atom is 0.213 e. The fourth-order valence-electron chi connectivity index (χ4n) is 1.25. The molecule has 0 aliphatic rings. The van der Waals surface area contributed by atoms with Gasteiger partial charge in [0.15, 0.2) is 0 Å². The monoisotopic (exact) mass is 224 g/mol. The minimum Gasteiger partial charge on any atom is -0.475 e. The molecule has 1 unspecified atom stereocenters. The second-order valence-electron chi connectivity index (χ2n) is 3.49. The molecular formula is C12H20N2O2. The lowest BCUT2D eigenvalue weighted by Crippen LogP contribution is -2.12. The number of nitrogens with zero attached hydrogens (tertiary/aromatic N) is 1. The van der Waals surface area contributed by atoms with Crippen LogP contribution in [0.15, 0.2) is 18.3 Å². The number of ether oxygens (including phenoxy) is 2. The van der Waals surface area contributed by atoms with E-state index in [2.05, 4.69) is 17.2 Å². The molecule has 0 spiro atoms. The van der Waals surface area contributed by atoms with Crippen molar-refractivity contribution >= 4 is 0 Å². The molecule has 0 radical (unpaired) electrons. The first-order valence-corrected chi connectivity index (χ1v) is 5.61. The molecule has 1 aromatic rings. The molecule has 1 N–H and O–H groups in total. The average Bonchev–Trinajstić information content (AvgIpc) is 2.34. The van der Waals surface area contributed by atoms with Gasteiger partial charge in [-0.2, -0.15) is 0 Å². The Morgan fingerprint density at radius 3 is 2.75 bits per heavy atom. The number of hydrogen-bond acceptors (Lipinski definition) is 4. The Hall–Kier alpha value is -1.13. The van der Waals surface area contributed by atoms with Gasteiger partial charge >= 0.3 is 0 Å². The molecular weight excluding hydrogens is 204 g/mol. The largest absolute Gasteiger partial charge is 0.475 e. The van der Waals surface area contributed by atoms with Crippen molar-refractivity contribution in [1.82, 2.24) is 10.3 Å². The van der Waals surface area contributed by atoms with Crippen LogP contribution in [-0.4, -0.2) is 31.9 Å². The molecule has 90 valence electrons. The van der Waals surface area contributed by atoms with Crippen LogP contribution < -0.4 is 10.1 Å². The number of aromatic nitrogens is 1. The highest BCUT2D eigenvalue weighted by molar-refractivity contribution is 5.20. The zero-order valence-corrected chi connectivity index (χ0v) is 10.2. The summed E-state index contributed by atoms with van der Waals surface area (Å²) in [6.07, 6.45) is 1.83. The zero-order valence-electron chi connectivity index (χ0n) is 10.2. The van der Waals surface area contributed by atoms with E-state index in [0.29, 0.717) is 25.1 Å². The second-order valence-corrected chi connectivity index (χ2v) is 3.49. The molecule has 0 aliphatic carbocycles. The summed E-state index contributed by atoms with van der Waals surface area (Å²) >= 11 is 0. The van der Waals surface area contributed by atoms with Crippen LogP contribution in [0.2, 0.25) is 0 Å². The van der Waals surface area contributed by atoms with E-state index in [0.717, 1.165) is 12.2 Å². The van der Waals surface area contributed by atoms with Crippen molar-refractivity contribution in [3.8, 4) is 5.88 Å². The van der Waals surface area contributed by atoms with E-state index in [-0.39, 0.29) is 0 Å². The van der Waals surface area contributed by atoms with E-state index >= 15 is 0 Å². The van der Waals surface area contributed by atoms with E-state index in [1.165, 1.54) is 0 Å². The van der Waals surface area contributed by atoms with Gasteiger partial charge in [-0.05, 0) is 26.5 Å². The van der Waals surface area contributed by atoms with Crippen LogP contribution in [0.4, 0.5) is 0 Å². The highest BCUT2D eigenvalue weighted by Crippen LogP contribution is 2.13. The van der Waals surface area contributed by atoms with Crippen LogP contribution in [0.3, 0.4) is 0 Å². The van der Waals surface area contributed by atoms with Gasteiger partial charge in [0.05, 0.1) is 6.61 Å². The lowest BCUT2D eigenvalue weighted by molar-refractivity contribution is 0.108. The fourth-order valence-corrected chi connectivity index (χ4v) is 1.25. The Morgan fingerprint density at radius 1 is 1.38 bits per heavy atom. The summed E-state index contributed by atoms with van der Waals surface area (Å²) < 4.78 is 10.6. The lowest BCUT2D eigenvalue weighted by atomic mass is 10.1. The first-order valence-electron chi connectivity index (χ1n) is 5.61. The van der Waals surface area contributed by atoms with E-state index < -0.39 is 0 Å². The Labute approximate surface area is 97.0 Å². The summed E-state index contributed by atoms with van der Waals surface area (Å²) in [5.74, 6) is 0.645. The fraction of sp³-hybridized carbons (Fsp3) is 0.583. The Morgan fingerprint density at radius 2 is 2.19 bits per heavy atom. The van der Waals surface area contributed by atoms with Crippen molar-refractivity contribution in [2.75, 3.05) is 26.9 Å². The van der Waals surface area contributed by atoms with Gasteiger partial charge in [-0.1, -0.05) is 6.07 Å². The predicted molar refractivity (Wildman–Crippen MR) is 63.7 cm³/mol. The lowest BCUT2D eigenvalue weighted by Gasteiger charge is -2.10. The summed E-state index contributed by atoms with van der Waals surface area (Å²) in [5, 5.41) is 3.16. The average molecular weight is 224 g/mol. The molecule has 16 heavy (non-hydrogen) atoms. The molecule has 1 heterocycles. The third kappa shape index (κ3) is 4.16. The molecule has 0 saturated heterocycles. The quantitative estimate of drug-likeness (QED) is 0.717. The third-order valence-electron chi connectivity index (χ3n) is 2.37. The van der Waals surface area contributed by atoms with Gasteiger partial charge in [0.1, 0.15) is 6.61 Å². The molecule has 0 bridgehead atoms. The van der Waals surface area contributed by atoms with Crippen molar-refractivity contribution in [2.45, 2.75) is 19.9 Å². The Balaban J connectivity index is 2.39. The van der Waals surface area contributed by atoms with E-state index in [9.17, 15) is 0 Å². The van der Waals surface area contributed by atoms with Gasteiger partial charge < -0.3 is 14.8 Å². The highest BCUT2D eigenvalue weighted by Gasteiger charge is 2.02. The molecule has 0 aromatic carbocycles. The standard InChI is InChI=1S/C12H20N2O2/c1-4-15-7-8-16-12-6-5-11(9-14-12)10(2)13-3/h5-6,9-10,13H,4,7-8H2,1-3H3. The summed E-state index contributed by atoms with van der Waals surface area (Å²) in [4.78, 5) is 4.23. The van der Waals surface area contributed by atoms with Gasteiger partial charge in [0.2, 0.25) is 5.88 Å². The van der Waals surface area contributed by atoms with Crippen LogP contribution in [0.5, 0.6) is 5.88 Å². The number of pyridine rings is 1. The van der Waals surface area contributed by atoms with Gasteiger partial charge in [0, 0.05) is 24.9 Å². The maximum absolute atomic E-state index is 5.42. The van der Waals surface area contributed by atoms with Crippen LogP contribution in [-0.2, 0) is 4.74 Å². The molecule has 0 amide bonds. The van der Waals surface area contributed by atoms with Gasteiger partial charge in [-0.15, -0.1) is 0 Å². The molecule has 0 fully saturated rings. The minimum absolute atomic E-state index is 0.310. The normalized spacial score (nSPS) is 12.4. The van der Waals surface area contributed by atoms with Crippen molar-refractivity contribution in [2.24, 2.45) is 0 Å². The Bertz CT molecular complexity index is 288. The van der Waals surface area contributed by atoms with E-state index in [4.69, 9.17) is 9.47 Å². The van der Waals surface area contributed by atoms with Crippen LogP contribution in [0.25, 0.3) is 0 Å². The van der Waals surface area contributed by atoms with Crippen molar-refractivity contribution in [3.63, 3.8) is 0 Å². The number of rotatable bonds is 7. The Kier molecular flexibility index (Phi) is 5.82. The van der Waals surface area contributed by atoms with E-state index in [1.807, 2.05) is 32.3 Å². The topological polar surface area (TPSA) is 43.4 Å². The van der Waals surface area contributed by atoms with Crippen molar-refractivity contribution < 1.29 is 9.47 Å². The molecule has 1 rings (SSSR count). The summed E-state index contributed by atoms with van der Waals surface area (Å²) in [6, 6.07) is 4.21. The highest BCUT2D eigenvalue weighted by atomic mass is 16.5. The van der Waals surface area contributed by atoms with Crippen LogP contribution in [0, 0.1) is 0 Å². The minimum atomic E-state index is 0.310. The first kappa shape index (κ1) is 12.9. The molecule has 0 aliphatic heterocycles.